The standard InChI is InChI=1S/C11H13NO2/c1-7(2)8-3-4-10-9(5-8)12-6-11(13)14-10/h3-5,7,12H,6H2,1-2H3. The normalized spacial score (nSPS) is 14.6. The van der Waals surface area contributed by atoms with E-state index in [1.54, 1.807) is 0 Å². The highest BCUT2D eigenvalue weighted by Gasteiger charge is 2.16. The van der Waals surface area contributed by atoms with Crippen LogP contribution in [0, 0.1) is 0 Å². The van der Waals surface area contributed by atoms with Crippen molar-refractivity contribution < 1.29 is 9.53 Å². The van der Waals surface area contributed by atoms with Gasteiger partial charge in [0, 0.05) is 0 Å². The zero-order valence-electron chi connectivity index (χ0n) is 8.33. The minimum Gasteiger partial charge on any atom is -0.423 e. The molecule has 0 spiro atoms. The van der Waals surface area contributed by atoms with Gasteiger partial charge in [0.25, 0.3) is 0 Å². The van der Waals surface area contributed by atoms with Crippen LogP contribution in [0.1, 0.15) is 25.3 Å². The molecule has 0 saturated carbocycles. The van der Waals surface area contributed by atoms with Crippen molar-refractivity contribution in [2.75, 3.05) is 11.9 Å². The highest BCUT2D eigenvalue weighted by Crippen LogP contribution is 2.30. The number of esters is 1. The molecule has 0 atom stereocenters. The Balaban J connectivity index is 2.36. The Labute approximate surface area is 83.1 Å². The van der Waals surface area contributed by atoms with Crippen LogP contribution < -0.4 is 10.1 Å². The average molecular weight is 191 g/mol. The molecular formula is C11H13NO2. The fraction of sp³-hybridized carbons (Fsp3) is 0.364. The van der Waals surface area contributed by atoms with Crippen LogP contribution in [-0.4, -0.2) is 12.5 Å². The van der Waals surface area contributed by atoms with Crippen LogP contribution >= 0.6 is 0 Å². The van der Waals surface area contributed by atoms with Gasteiger partial charge < -0.3 is 10.1 Å². The number of ether oxygens (including phenoxy) is 1. The van der Waals surface area contributed by atoms with Gasteiger partial charge in [-0.1, -0.05) is 19.9 Å². The second-order valence-corrected chi connectivity index (χ2v) is 3.74. The Morgan fingerprint density at radius 2 is 2.21 bits per heavy atom. The molecule has 0 fully saturated rings. The van der Waals surface area contributed by atoms with Crippen molar-refractivity contribution >= 4 is 11.7 Å². The minimum absolute atomic E-state index is 0.227. The Morgan fingerprint density at radius 3 is 2.93 bits per heavy atom. The molecule has 14 heavy (non-hydrogen) atoms. The number of rotatable bonds is 1. The first-order valence-corrected chi connectivity index (χ1v) is 4.75. The molecule has 1 aromatic rings. The summed E-state index contributed by atoms with van der Waals surface area (Å²) in [6.45, 7) is 4.53. The van der Waals surface area contributed by atoms with E-state index in [1.807, 2.05) is 18.2 Å². The van der Waals surface area contributed by atoms with E-state index >= 15 is 0 Å². The van der Waals surface area contributed by atoms with E-state index in [9.17, 15) is 4.79 Å². The van der Waals surface area contributed by atoms with E-state index < -0.39 is 0 Å². The summed E-state index contributed by atoms with van der Waals surface area (Å²) in [5.74, 6) is 0.889. The van der Waals surface area contributed by atoms with Crippen LogP contribution in [0.5, 0.6) is 5.75 Å². The molecule has 0 aromatic heterocycles. The lowest BCUT2D eigenvalue weighted by molar-refractivity contribution is -0.132. The van der Waals surface area contributed by atoms with Gasteiger partial charge in [0.1, 0.15) is 6.54 Å². The molecule has 0 unspecified atom stereocenters. The van der Waals surface area contributed by atoms with Gasteiger partial charge in [0.2, 0.25) is 0 Å². The fourth-order valence-corrected chi connectivity index (χ4v) is 1.46. The fourth-order valence-electron chi connectivity index (χ4n) is 1.46. The van der Waals surface area contributed by atoms with Crippen LogP contribution in [0.15, 0.2) is 18.2 Å². The highest BCUT2D eigenvalue weighted by atomic mass is 16.5. The van der Waals surface area contributed by atoms with E-state index in [4.69, 9.17) is 4.74 Å². The van der Waals surface area contributed by atoms with Gasteiger partial charge in [-0.2, -0.15) is 0 Å². The maximum atomic E-state index is 11.0. The quantitative estimate of drug-likeness (QED) is 0.546. The van der Waals surface area contributed by atoms with Crippen molar-refractivity contribution in [3.05, 3.63) is 23.8 Å². The van der Waals surface area contributed by atoms with Gasteiger partial charge in [-0.3, -0.25) is 0 Å². The van der Waals surface area contributed by atoms with Crippen molar-refractivity contribution in [1.29, 1.82) is 0 Å². The number of carbonyl (C=O) groups excluding carboxylic acids is 1. The molecule has 2 rings (SSSR count). The molecule has 0 aliphatic carbocycles. The lowest BCUT2D eigenvalue weighted by Gasteiger charge is -2.18. The maximum absolute atomic E-state index is 11.0. The topological polar surface area (TPSA) is 38.3 Å². The lowest BCUT2D eigenvalue weighted by atomic mass is 10.0. The van der Waals surface area contributed by atoms with Crippen LogP contribution in [-0.2, 0) is 4.79 Å². The van der Waals surface area contributed by atoms with Crippen LogP contribution in [0.2, 0.25) is 0 Å². The Morgan fingerprint density at radius 1 is 1.43 bits per heavy atom. The number of nitrogens with one attached hydrogen (secondary N) is 1. The SMILES string of the molecule is CC(C)c1ccc2c(c1)NCC(=O)O2. The summed E-state index contributed by atoms with van der Waals surface area (Å²) in [5, 5.41) is 3.03. The lowest BCUT2D eigenvalue weighted by Crippen LogP contribution is -2.24. The number of benzene rings is 1. The molecule has 0 amide bonds. The number of hydrogen-bond acceptors (Lipinski definition) is 3. The van der Waals surface area contributed by atoms with Gasteiger partial charge in [-0.25, -0.2) is 4.79 Å². The number of anilines is 1. The molecular weight excluding hydrogens is 178 g/mol. The second kappa shape index (κ2) is 3.33. The molecule has 1 N–H and O–H groups in total. The van der Waals surface area contributed by atoms with E-state index in [-0.39, 0.29) is 12.5 Å². The zero-order chi connectivity index (χ0) is 10.1. The summed E-state index contributed by atoms with van der Waals surface area (Å²) >= 11 is 0. The highest BCUT2D eigenvalue weighted by molar-refractivity contribution is 5.83. The Bertz CT molecular complexity index is 372. The third-order valence-electron chi connectivity index (χ3n) is 2.32. The van der Waals surface area contributed by atoms with Gasteiger partial charge in [0.15, 0.2) is 5.75 Å². The molecule has 74 valence electrons. The number of hydrogen-bond donors (Lipinski definition) is 1. The van der Waals surface area contributed by atoms with Gasteiger partial charge in [0.05, 0.1) is 5.69 Å². The predicted molar refractivity (Wildman–Crippen MR) is 54.7 cm³/mol. The van der Waals surface area contributed by atoms with Crippen molar-refractivity contribution in [2.45, 2.75) is 19.8 Å². The van der Waals surface area contributed by atoms with Crippen LogP contribution in [0.3, 0.4) is 0 Å². The van der Waals surface area contributed by atoms with Crippen LogP contribution in [0.4, 0.5) is 5.69 Å². The van der Waals surface area contributed by atoms with E-state index in [2.05, 4.69) is 19.2 Å². The summed E-state index contributed by atoms with van der Waals surface area (Å²) < 4.78 is 5.07. The molecule has 3 nitrogen and oxygen atoms in total. The molecule has 1 aliphatic heterocycles. The minimum atomic E-state index is -0.227. The summed E-state index contributed by atoms with van der Waals surface area (Å²) in [6, 6.07) is 5.87. The van der Waals surface area contributed by atoms with E-state index in [0.29, 0.717) is 11.7 Å². The maximum Gasteiger partial charge on any atom is 0.330 e. The van der Waals surface area contributed by atoms with Gasteiger partial charge in [-0.05, 0) is 23.6 Å². The molecule has 1 aromatic carbocycles. The number of fused-ring (bicyclic) bond motifs is 1. The van der Waals surface area contributed by atoms with E-state index in [1.165, 1.54) is 5.56 Å². The molecule has 3 heteroatoms. The molecule has 0 saturated heterocycles. The second-order valence-electron chi connectivity index (χ2n) is 3.74. The molecule has 0 radical (unpaired) electrons. The van der Waals surface area contributed by atoms with Gasteiger partial charge >= 0.3 is 5.97 Å². The molecule has 1 heterocycles. The first-order chi connectivity index (χ1) is 6.66. The van der Waals surface area contributed by atoms with Crippen molar-refractivity contribution in [2.24, 2.45) is 0 Å². The van der Waals surface area contributed by atoms with E-state index in [0.717, 1.165) is 5.69 Å². The third kappa shape index (κ3) is 1.58. The van der Waals surface area contributed by atoms with Crippen molar-refractivity contribution in [3.63, 3.8) is 0 Å². The zero-order valence-corrected chi connectivity index (χ0v) is 8.33. The summed E-state index contributed by atoms with van der Waals surface area (Å²) in [4.78, 5) is 11.0. The smallest absolute Gasteiger partial charge is 0.330 e. The third-order valence-corrected chi connectivity index (χ3v) is 2.32. The first kappa shape index (κ1) is 9.06. The Hall–Kier alpha value is -1.51. The Kier molecular flexibility index (Phi) is 2.15. The summed E-state index contributed by atoms with van der Waals surface area (Å²) in [6.07, 6.45) is 0. The summed E-state index contributed by atoms with van der Waals surface area (Å²) in [5.41, 5.74) is 2.16. The number of carbonyl (C=O) groups is 1. The predicted octanol–water partition coefficient (Wildman–Crippen LogP) is 2.14. The van der Waals surface area contributed by atoms with Gasteiger partial charge in [-0.15, -0.1) is 0 Å². The average Bonchev–Trinajstić information content (AvgIpc) is 2.16. The first-order valence-electron chi connectivity index (χ1n) is 4.75. The monoisotopic (exact) mass is 191 g/mol. The van der Waals surface area contributed by atoms with Crippen molar-refractivity contribution in [1.82, 2.24) is 0 Å². The van der Waals surface area contributed by atoms with Crippen LogP contribution in [0.25, 0.3) is 0 Å². The molecule has 1 aliphatic rings. The summed E-state index contributed by atoms with van der Waals surface area (Å²) in [7, 11) is 0. The largest absolute Gasteiger partial charge is 0.423 e. The van der Waals surface area contributed by atoms with Crippen molar-refractivity contribution in [3.8, 4) is 5.75 Å². The molecule has 0 bridgehead atoms.